The van der Waals surface area contributed by atoms with Crippen LogP contribution in [-0.4, -0.2) is 47.7 Å². The lowest BCUT2D eigenvalue weighted by molar-refractivity contribution is 0.110. The van der Waals surface area contributed by atoms with Gasteiger partial charge < -0.3 is 15.0 Å². The quantitative estimate of drug-likeness (QED) is 0.726. The van der Waals surface area contributed by atoms with Gasteiger partial charge in [-0.1, -0.05) is 6.92 Å². The van der Waals surface area contributed by atoms with Crippen LogP contribution in [0.3, 0.4) is 0 Å². The Hall–Kier alpha value is -1.20. The van der Waals surface area contributed by atoms with Crippen molar-refractivity contribution in [2.45, 2.75) is 39.3 Å². The molecule has 0 fully saturated rings. The number of rotatable bonds is 8. The second kappa shape index (κ2) is 7.40. The van der Waals surface area contributed by atoms with Gasteiger partial charge in [-0.15, -0.1) is 0 Å². The SMILES string of the molecule is CCCNCc1cncc(OCC(C)(C)N(C)C)n1. The van der Waals surface area contributed by atoms with Gasteiger partial charge in [0, 0.05) is 18.3 Å². The summed E-state index contributed by atoms with van der Waals surface area (Å²) in [6.45, 7) is 8.71. The second-order valence-corrected chi connectivity index (χ2v) is 5.52. The maximum absolute atomic E-state index is 5.74. The van der Waals surface area contributed by atoms with Crippen LogP contribution in [0, 0.1) is 0 Å². The highest BCUT2D eigenvalue weighted by atomic mass is 16.5. The first-order valence-electron chi connectivity index (χ1n) is 6.77. The maximum Gasteiger partial charge on any atom is 0.232 e. The zero-order chi connectivity index (χ0) is 14.3. The summed E-state index contributed by atoms with van der Waals surface area (Å²) in [4.78, 5) is 10.7. The number of likely N-dealkylation sites (N-methyl/N-ethyl adjacent to an activating group) is 1. The lowest BCUT2D eigenvalue weighted by Gasteiger charge is -2.31. The van der Waals surface area contributed by atoms with Gasteiger partial charge in [0.05, 0.1) is 11.9 Å². The number of nitrogens with one attached hydrogen (secondary N) is 1. The highest BCUT2D eigenvalue weighted by Crippen LogP contribution is 2.13. The number of hydrogen-bond donors (Lipinski definition) is 1. The molecule has 1 rings (SSSR count). The Balaban J connectivity index is 2.52. The predicted molar refractivity (Wildman–Crippen MR) is 77.3 cm³/mol. The Kier molecular flexibility index (Phi) is 6.18. The molecule has 0 amide bonds. The van der Waals surface area contributed by atoms with Crippen LogP contribution in [0.2, 0.25) is 0 Å². The molecular formula is C14H26N4O. The van der Waals surface area contributed by atoms with Crippen molar-refractivity contribution in [3.8, 4) is 5.88 Å². The van der Waals surface area contributed by atoms with Crippen molar-refractivity contribution in [1.82, 2.24) is 20.2 Å². The summed E-state index contributed by atoms with van der Waals surface area (Å²) in [5.41, 5.74) is 0.881. The maximum atomic E-state index is 5.74. The normalized spacial score (nSPS) is 11.9. The molecule has 0 aliphatic rings. The van der Waals surface area contributed by atoms with Crippen LogP contribution in [0.25, 0.3) is 0 Å². The Bertz CT molecular complexity index is 379. The molecule has 0 saturated heterocycles. The Morgan fingerprint density at radius 2 is 2.05 bits per heavy atom. The van der Waals surface area contributed by atoms with E-state index in [4.69, 9.17) is 4.74 Å². The van der Waals surface area contributed by atoms with Crippen LogP contribution in [0.5, 0.6) is 5.88 Å². The van der Waals surface area contributed by atoms with Gasteiger partial charge in [-0.2, -0.15) is 0 Å². The molecule has 108 valence electrons. The molecule has 1 aromatic rings. The average Bonchev–Trinajstić information content (AvgIpc) is 2.37. The topological polar surface area (TPSA) is 50.3 Å². The number of ether oxygens (including phenoxy) is 1. The summed E-state index contributed by atoms with van der Waals surface area (Å²) < 4.78 is 5.74. The zero-order valence-electron chi connectivity index (χ0n) is 12.7. The fourth-order valence-corrected chi connectivity index (χ4v) is 1.31. The first-order valence-corrected chi connectivity index (χ1v) is 6.77. The van der Waals surface area contributed by atoms with Gasteiger partial charge in [0.2, 0.25) is 5.88 Å². The van der Waals surface area contributed by atoms with E-state index in [1.807, 2.05) is 14.1 Å². The fourth-order valence-electron chi connectivity index (χ4n) is 1.31. The molecule has 0 aliphatic carbocycles. The third-order valence-corrected chi connectivity index (χ3v) is 3.18. The van der Waals surface area contributed by atoms with E-state index in [-0.39, 0.29) is 5.54 Å². The summed E-state index contributed by atoms with van der Waals surface area (Å²) in [7, 11) is 4.08. The molecule has 1 N–H and O–H groups in total. The van der Waals surface area contributed by atoms with Crippen LogP contribution < -0.4 is 10.1 Å². The molecule has 1 heterocycles. The third kappa shape index (κ3) is 5.53. The highest BCUT2D eigenvalue weighted by molar-refractivity contribution is 5.08. The van der Waals surface area contributed by atoms with Crippen molar-refractivity contribution < 1.29 is 4.74 Å². The van der Waals surface area contributed by atoms with Gasteiger partial charge in [0.1, 0.15) is 6.61 Å². The van der Waals surface area contributed by atoms with Gasteiger partial charge in [-0.05, 0) is 40.9 Å². The lowest BCUT2D eigenvalue weighted by atomic mass is 10.1. The minimum atomic E-state index is -0.0296. The van der Waals surface area contributed by atoms with Gasteiger partial charge in [-0.25, -0.2) is 4.98 Å². The average molecular weight is 266 g/mol. The summed E-state index contributed by atoms with van der Waals surface area (Å²) >= 11 is 0. The number of nitrogens with zero attached hydrogens (tertiary/aromatic N) is 3. The van der Waals surface area contributed by atoms with Crippen molar-refractivity contribution in [2.24, 2.45) is 0 Å². The van der Waals surface area contributed by atoms with Crippen molar-refractivity contribution in [2.75, 3.05) is 27.2 Å². The summed E-state index contributed by atoms with van der Waals surface area (Å²) in [5, 5.41) is 3.30. The van der Waals surface area contributed by atoms with Crippen LogP contribution >= 0.6 is 0 Å². The molecule has 0 saturated carbocycles. The molecule has 0 atom stereocenters. The fraction of sp³-hybridized carbons (Fsp3) is 0.714. The van der Waals surface area contributed by atoms with Crippen molar-refractivity contribution in [1.29, 1.82) is 0 Å². The zero-order valence-corrected chi connectivity index (χ0v) is 12.7. The lowest BCUT2D eigenvalue weighted by Crippen LogP contribution is -2.43. The minimum absolute atomic E-state index is 0.0296. The largest absolute Gasteiger partial charge is 0.475 e. The molecule has 0 aliphatic heterocycles. The number of aromatic nitrogens is 2. The molecule has 0 radical (unpaired) electrons. The monoisotopic (exact) mass is 266 g/mol. The van der Waals surface area contributed by atoms with E-state index in [2.05, 4.69) is 41.0 Å². The smallest absolute Gasteiger partial charge is 0.232 e. The Morgan fingerprint density at radius 1 is 1.32 bits per heavy atom. The Morgan fingerprint density at radius 3 is 2.68 bits per heavy atom. The van der Waals surface area contributed by atoms with Gasteiger partial charge in [-0.3, -0.25) is 4.98 Å². The van der Waals surface area contributed by atoms with Crippen LogP contribution in [-0.2, 0) is 6.54 Å². The Labute approximate surface area is 116 Å². The molecule has 1 aromatic heterocycles. The first kappa shape index (κ1) is 15.9. The van der Waals surface area contributed by atoms with E-state index in [9.17, 15) is 0 Å². The van der Waals surface area contributed by atoms with Crippen LogP contribution in [0.4, 0.5) is 0 Å². The van der Waals surface area contributed by atoms with Crippen molar-refractivity contribution >= 4 is 0 Å². The van der Waals surface area contributed by atoms with E-state index < -0.39 is 0 Å². The van der Waals surface area contributed by atoms with E-state index in [1.54, 1.807) is 12.4 Å². The molecule has 0 spiro atoms. The molecule has 19 heavy (non-hydrogen) atoms. The van der Waals surface area contributed by atoms with E-state index in [1.165, 1.54) is 0 Å². The molecule has 5 heteroatoms. The van der Waals surface area contributed by atoms with Crippen LogP contribution in [0.1, 0.15) is 32.9 Å². The standard InChI is InChI=1S/C14H26N4O/c1-6-7-15-8-12-9-16-10-13(17-12)19-11-14(2,3)18(4)5/h9-10,15H,6-8,11H2,1-5H3. The summed E-state index contributed by atoms with van der Waals surface area (Å²) in [6.07, 6.45) is 4.54. The number of hydrogen-bond acceptors (Lipinski definition) is 5. The summed E-state index contributed by atoms with van der Waals surface area (Å²) in [6, 6.07) is 0. The molecule has 5 nitrogen and oxygen atoms in total. The third-order valence-electron chi connectivity index (χ3n) is 3.18. The van der Waals surface area contributed by atoms with Gasteiger partial charge in [0.15, 0.2) is 0 Å². The van der Waals surface area contributed by atoms with E-state index in [0.29, 0.717) is 12.5 Å². The van der Waals surface area contributed by atoms with E-state index >= 15 is 0 Å². The minimum Gasteiger partial charge on any atom is -0.475 e. The van der Waals surface area contributed by atoms with Gasteiger partial charge >= 0.3 is 0 Å². The van der Waals surface area contributed by atoms with E-state index in [0.717, 1.165) is 25.2 Å². The molecule has 0 aromatic carbocycles. The van der Waals surface area contributed by atoms with Gasteiger partial charge in [0.25, 0.3) is 0 Å². The predicted octanol–water partition coefficient (Wildman–Crippen LogP) is 1.70. The van der Waals surface area contributed by atoms with Crippen molar-refractivity contribution in [3.63, 3.8) is 0 Å². The van der Waals surface area contributed by atoms with Crippen LogP contribution in [0.15, 0.2) is 12.4 Å². The molecule has 0 bridgehead atoms. The highest BCUT2D eigenvalue weighted by Gasteiger charge is 2.21. The molecule has 0 unspecified atom stereocenters. The van der Waals surface area contributed by atoms with Crippen molar-refractivity contribution in [3.05, 3.63) is 18.1 Å². The first-order chi connectivity index (χ1) is 8.95. The summed E-state index contributed by atoms with van der Waals surface area (Å²) in [5.74, 6) is 0.589. The second-order valence-electron chi connectivity index (χ2n) is 5.52. The molecular weight excluding hydrogens is 240 g/mol.